The molecule has 0 fully saturated rings. The van der Waals surface area contributed by atoms with Gasteiger partial charge in [0.2, 0.25) is 0 Å². The van der Waals surface area contributed by atoms with Crippen molar-refractivity contribution in [2.24, 2.45) is 5.73 Å². The second kappa shape index (κ2) is 6.69. The first-order valence-electron chi connectivity index (χ1n) is 5.88. The zero-order chi connectivity index (χ0) is 17.1. The van der Waals surface area contributed by atoms with Crippen molar-refractivity contribution in [3.8, 4) is 5.75 Å². The van der Waals surface area contributed by atoms with Gasteiger partial charge in [0.25, 0.3) is 0 Å². The van der Waals surface area contributed by atoms with E-state index in [-0.39, 0.29) is 6.61 Å². The Hall–Kier alpha value is -1.55. The molecule has 1 atom stereocenters. The van der Waals surface area contributed by atoms with Gasteiger partial charge in [-0.3, -0.25) is 0 Å². The number of phenols is 1. The highest BCUT2D eigenvalue weighted by Gasteiger charge is 2.48. The van der Waals surface area contributed by atoms with E-state index in [1.54, 1.807) is 0 Å². The van der Waals surface area contributed by atoms with Crippen molar-refractivity contribution in [2.75, 3.05) is 6.61 Å². The van der Waals surface area contributed by atoms with Crippen LogP contribution in [0.2, 0.25) is 0 Å². The van der Waals surface area contributed by atoms with Crippen molar-refractivity contribution >= 4 is 17.7 Å². The van der Waals surface area contributed by atoms with Crippen molar-refractivity contribution in [2.45, 2.75) is 29.3 Å². The summed E-state index contributed by atoms with van der Waals surface area (Å²) in [5, 5.41) is 9.52. The minimum absolute atomic E-state index is 0.322. The van der Waals surface area contributed by atoms with Crippen molar-refractivity contribution in [1.82, 2.24) is 0 Å². The van der Waals surface area contributed by atoms with E-state index in [4.69, 9.17) is 5.73 Å². The Morgan fingerprint density at radius 2 is 1.95 bits per heavy atom. The number of phenolic OH excluding ortho intramolecular Hbond substituents is 1. The molecule has 22 heavy (non-hydrogen) atoms. The van der Waals surface area contributed by atoms with Gasteiger partial charge >= 0.3 is 17.4 Å². The van der Waals surface area contributed by atoms with Crippen LogP contribution in [0.5, 0.6) is 5.75 Å². The van der Waals surface area contributed by atoms with Gasteiger partial charge in [0.05, 0.1) is 6.61 Å². The quantitative estimate of drug-likeness (QED) is 0.487. The van der Waals surface area contributed by atoms with Crippen LogP contribution >= 0.6 is 11.8 Å². The predicted molar refractivity (Wildman–Crippen MR) is 68.5 cm³/mol. The zero-order valence-corrected chi connectivity index (χ0v) is 12.0. The first-order chi connectivity index (χ1) is 9.99. The molecule has 0 aliphatic carbocycles. The maximum Gasteiger partial charge on any atom is 0.446 e. The molecule has 0 radical (unpaired) electrons. The third-order valence-corrected chi connectivity index (χ3v) is 3.23. The number of esters is 1. The van der Waals surface area contributed by atoms with Crippen LogP contribution in [0, 0.1) is 0 Å². The molecule has 0 amide bonds. The number of carbonyl (C=O) groups excluding carboxylic acids is 1. The lowest BCUT2D eigenvalue weighted by atomic mass is 10.0. The van der Waals surface area contributed by atoms with Gasteiger partial charge in [0, 0.05) is 10.5 Å². The second-order valence-electron chi connectivity index (χ2n) is 4.09. The van der Waals surface area contributed by atoms with Gasteiger partial charge in [-0.1, -0.05) is 0 Å². The fourth-order valence-electron chi connectivity index (χ4n) is 1.53. The average Bonchev–Trinajstić information content (AvgIpc) is 2.38. The second-order valence-corrected chi connectivity index (χ2v) is 5.23. The first kappa shape index (κ1) is 18.5. The van der Waals surface area contributed by atoms with Gasteiger partial charge in [0.15, 0.2) is 0 Å². The highest BCUT2D eigenvalue weighted by Crippen LogP contribution is 2.41. The number of ether oxygens (including phenoxy) is 1. The van der Waals surface area contributed by atoms with E-state index in [0.29, 0.717) is 6.07 Å². The molecule has 0 aliphatic rings. The van der Waals surface area contributed by atoms with Crippen molar-refractivity contribution in [3.63, 3.8) is 0 Å². The minimum Gasteiger partial charge on any atom is -0.508 e. The van der Waals surface area contributed by atoms with Gasteiger partial charge in [0.1, 0.15) is 11.8 Å². The molecule has 1 aromatic rings. The van der Waals surface area contributed by atoms with Crippen molar-refractivity contribution < 1.29 is 36.6 Å². The molecule has 0 saturated carbocycles. The molecule has 1 rings (SSSR count). The summed E-state index contributed by atoms with van der Waals surface area (Å²) in [6.45, 7) is 0.981. The summed E-state index contributed by atoms with van der Waals surface area (Å²) in [4.78, 5) is 10.7. The molecule has 0 bridgehead atoms. The molecule has 0 unspecified atom stereocenters. The summed E-state index contributed by atoms with van der Waals surface area (Å²) in [6.07, 6.45) is 0. The summed E-state index contributed by atoms with van der Waals surface area (Å²) in [5.74, 6) is -6.87. The largest absolute Gasteiger partial charge is 0.508 e. The molecule has 0 heterocycles. The van der Waals surface area contributed by atoms with Gasteiger partial charge in [-0.15, -0.1) is 0 Å². The van der Waals surface area contributed by atoms with Crippen LogP contribution in [-0.4, -0.2) is 29.1 Å². The maximum atomic E-state index is 13.8. The van der Waals surface area contributed by atoms with Gasteiger partial charge in [-0.25, -0.2) is 4.79 Å². The Bertz CT molecular complexity index is 550. The minimum atomic E-state index is -4.64. The number of nitrogens with two attached hydrogens (primary N) is 1. The normalized spacial score (nSPS) is 13.8. The molecular weight excluding hydrogens is 333 g/mol. The summed E-state index contributed by atoms with van der Waals surface area (Å²) < 4.78 is 68.6. The molecule has 124 valence electrons. The fraction of sp³-hybridized carbons (Fsp3) is 0.417. The van der Waals surface area contributed by atoms with Crippen molar-refractivity contribution in [1.29, 1.82) is 0 Å². The Morgan fingerprint density at radius 3 is 2.45 bits per heavy atom. The number of carbonyl (C=O) groups is 1. The molecule has 3 N–H and O–H groups in total. The van der Waals surface area contributed by atoms with E-state index in [9.17, 15) is 31.9 Å². The van der Waals surface area contributed by atoms with Gasteiger partial charge in [-0.05, 0) is 36.9 Å². The van der Waals surface area contributed by atoms with E-state index in [2.05, 4.69) is 4.74 Å². The molecule has 0 saturated heterocycles. The van der Waals surface area contributed by atoms with Crippen LogP contribution in [0.25, 0.3) is 0 Å². The number of aromatic hydroxyl groups is 1. The summed E-state index contributed by atoms with van der Waals surface area (Å²) in [7, 11) is 0. The van der Waals surface area contributed by atoms with Crippen LogP contribution < -0.4 is 5.73 Å². The van der Waals surface area contributed by atoms with Crippen LogP contribution in [0.3, 0.4) is 0 Å². The Labute approximate surface area is 126 Å². The van der Waals surface area contributed by atoms with E-state index in [1.807, 2.05) is 0 Å². The lowest BCUT2D eigenvalue weighted by Gasteiger charge is -2.23. The monoisotopic (exact) mass is 345 g/mol. The summed E-state index contributed by atoms with van der Waals surface area (Å²) in [6, 6.07) is 0.00230. The third kappa shape index (κ3) is 4.47. The van der Waals surface area contributed by atoms with Gasteiger partial charge < -0.3 is 15.6 Å². The van der Waals surface area contributed by atoms with Gasteiger partial charge in [-0.2, -0.15) is 22.0 Å². The number of halogens is 5. The van der Waals surface area contributed by atoms with Crippen LogP contribution in [0.15, 0.2) is 23.1 Å². The number of hydrogen-bond donors (Lipinski definition) is 2. The molecule has 1 aromatic carbocycles. The summed E-state index contributed by atoms with van der Waals surface area (Å²) in [5.41, 5.74) is -0.0885. The fourth-order valence-corrected chi connectivity index (χ4v) is 2.12. The van der Waals surface area contributed by atoms with E-state index in [0.717, 1.165) is 12.1 Å². The standard InChI is InChI=1S/C12H12F5NO3S/c1-2-21-10(20)11(13,14)9(18)7-5-6(3-4-8(7)19)22-12(15,16)17/h3-5,9,19H,2,18H2,1H3/t9-/m0/s1. The first-order valence-corrected chi connectivity index (χ1v) is 6.70. The molecule has 0 spiro atoms. The van der Waals surface area contributed by atoms with Crippen molar-refractivity contribution in [3.05, 3.63) is 23.8 Å². The third-order valence-electron chi connectivity index (χ3n) is 2.51. The molecule has 10 heteroatoms. The van der Waals surface area contributed by atoms with E-state index < -0.39 is 51.4 Å². The Balaban J connectivity index is 3.14. The number of thioether (sulfide) groups is 1. The molecule has 0 aromatic heterocycles. The molecular formula is C12H12F5NO3S. The highest BCUT2D eigenvalue weighted by atomic mass is 32.2. The molecule has 0 aliphatic heterocycles. The SMILES string of the molecule is CCOC(=O)C(F)(F)[C@@H](N)c1cc(SC(F)(F)F)ccc1O. The Kier molecular flexibility index (Phi) is 5.63. The van der Waals surface area contributed by atoms with Crippen LogP contribution in [0.1, 0.15) is 18.5 Å². The highest BCUT2D eigenvalue weighted by molar-refractivity contribution is 8.00. The van der Waals surface area contributed by atoms with Crippen LogP contribution in [-0.2, 0) is 9.53 Å². The summed E-state index contributed by atoms with van der Waals surface area (Å²) >= 11 is -0.557. The predicted octanol–water partition coefficient (Wildman–Crippen LogP) is 3.20. The lowest BCUT2D eigenvalue weighted by molar-refractivity contribution is -0.174. The topological polar surface area (TPSA) is 72.5 Å². The van der Waals surface area contributed by atoms with E-state index >= 15 is 0 Å². The van der Waals surface area contributed by atoms with E-state index in [1.165, 1.54) is 6.92 Å². The number of hydrogen-bond acceptors (Lipinski definition) is 5. The smallest absolute Gasteiger partial charge is 0.446 e. The lowest BCUT2D eigenvalue weighted by Crippen LogP contribution is -2.41. The number of benzene rings is 1. The zero-order valence-electron chi connectivity index (χ0n) is 11.2. The number of rotatable bonds is 5. The van der Waals surface area contributed by atoms with Crippen LogP contribution in [0.4, 0.5) is 22.0 Å². The molecule has 4 nitrogen and oxygen atoms in total. The number of alkyl halides is 5. The average molecular weight is 345 g/mol. The maximum absolute atomic E-state index is 13.8. The Morgan fingerprint density at radius 1 is 1.36 bits per heavy atom.